The van der Waals surface area contributed by atoms with E-state index in [0.29, 0.717) is 12.5 Å². The first-order valence-corrected chi connectivity index (χ1v) is 10.6. The number of nitrogens with one attached hydrogen (secondary N) is 3. The van der Waals surface area contributed by atoms with Crippen molar-refractivity contribution in [3.05, 3.63) is 29.3 Å². The summed E-state index contributed by atoms with van der Waals surface area (Å²) in [5, 5.41) is 9.44. The Hall–Kier alpha value is -1.92. The molecule has 2 fully saturated rings. The Bertz CT molecular complexity index is 700. The van der Waals surface area contributed by atoms with Crippen molar-refractivity contribution in [3.63, 3.8) is 0 Å². The summed E-state index contributed by atoms with van der Waals surface area (Å²) in [6, 6.07) is 5.90. The number of hydrogen-bond donors (Lipinski definition) is 3. The van der Waals surface area contributed by atoms with E-state index in [1.54, 1.807) is 0 Å². The third kappa shape index (κ3) is 5.32. The monoisotopic (exact) mass is 386 g/mol. The van der Waals surface area contributed by atoms with Crippen LogP contribution in [0, 0.1) is 19.8 Å². The molecule has 6 heteroatoms. The number of nitrogens with zero attached hydrogens (tertiary/aromatic N) is 1. The molecular weight excluding hydrogens is 352 g/mol. The predicted molar refractivity (Wildman–Crippen MR) is 112 cm³/mol. The second kappa shape index (κ2) is 9.52. The van der Waals surface area contributed by atoms with Crippen LogP contribution in [0.25, 0.3) is 0 Å². The molecule has 0 radical (unpaired) electrons. The van der Waals surface area contributed by atoms with Crippen molar-refractivity contribution in [2.45, 2.75) is 58.5 Å². The van der Waals surface area contributed by atoms with Crippen LogP contribution in [-0.2, 0) is 9.59 Å². The van der Waals surface area contributed by atoms with Gasteiger partial charge >= 0.3 is 0 Å². The molecule has 3 rings (SSSR count). The maximum absolute atomic E-state index is 12.8. The van der Waals surface area contributed by atoms with Gasteiger partial charge in [-0.25, -0.2) is 0 Å². The lowest BCUT2D eigenvalue weighted by Crippen LogP contribution is -2.50. The molecule has 2 heterocycles. The van der Waals surface area contributed by atoms with Crippen LogP contribution >= 0.6 is 0 Å². The highest BCUT2D eigenvalue weighted by molar-refractivity contribution is 5.95. The smallest absolute Gasteiger partial charge is 0.241 e. The van der Waals surface area contributed by atoms with Crippen molar-refractivity contribution in [3.8, 4) is 0 Å². The van der Waals surface area contributed by atoms with E-state index in [0.717, 1.165) is 62.1 Å². The lowest BCUT2D eigenvalue weighted by molar-refractivity contribution is -0.124. The molecule has 0 aliphatic carbocycles. The number of benzene rings is 1. The average molecular weight is 387 g/mol. The zero-order valence-electron chi connectivity index (χ0n) is 17.4. The summed E-state index contributed by atoms with van der Waals surface area (Å²) in [5.74, 6) is 0.555. The minimum Gasteiger partial charge on any atom is -0.354 e. The summed E-state index contributed by atoms with van der Waals surface area (Å²) in [4.78, 5) is 27.3. The van der Waals surface area contributed by atoms with E-state index in [1.807, 2.05) is 32.9 Å². The van der Waals surface area contributed by atoms with Crippen molar-refractivity contribution >= 4 is 17.5 Å². The standard InChI is InChI=1S/C22H34N4O2/c1-15-8-9-16(2)20(12-15)25-21(27)17(3)26-11-5-6-18(14-26)13-24-22(28)19-7-4-10-23-19/h8-9,12,17-19,23H,4-7,10-11,13-14H2,1-3H3,(H,24,28)(H,25,27). The van der Waals surface area contributed by atoms with Gasteiger partial charge < -0.3 is 16.0 Å². The van der Waals surface area contributed by atoms with Crippen LogP contribution in [0.1, 0.15) is 43.7 Å². The van der Waals surface area contributed by atoms with Gasteiger partial charge in [-0.05, 0) is 82.7 Å². The van der Waals surface area contributed by atoms with Gasteiger partial charge in [0.15, 0.2) is 0 Å². The minimum atomic E-state index is -0.185. The van der Waals surface area contributed by atoms with Gasteiger partial charge in [-0.15, -0.1) is 0 Å². The molecule has 1 aromatic carbocycles. The second-order valence-electron chi connectivity index (χ2n) is 8.38. The first kappa shape index (κ1) is 20.8. The Kier molecular flexibility index (Phi) is 7.08. The fourth-order valence-corrected chi connectivity index (χ4v) is 4.17. The fraction of sp³-hybridized carbons (Fsp3) is 0.636. The molecule has 2 saturated heterocycles. The normalized spacial score (nSPS) is 24.0. The summed E-state index contributed by atoms with van der Waals surface area (Å²) in [5.41, 5.74) is 3.10. The van der Waals surface area contributed by atoms with E-state index in [1.165, 1.54) is 0 Å². The Labute approximate surface area is 168 Å². The van der Waals surface area contributed by atoms with Crippen LogP contribution in [0.3, 0.4) is 0 Å². The number of carbonyl (C=O) groups excluding carboxylic acids is 2. The molecule has 3 N–H and O–H groups in total. The van der Waals surface area contributed by atoms with Crippen LogP contribution in [-0.4, -0.2) is 55.0 Å². The Morgan fingerprint density at radius 2 is 2.07 bits per heavy atom. The first-order valence-electron chi connectivity index (χ1n) is 10.6. The van der Waals surface area contributed by atoms with Crippen LogP contribution in [0.15, 0.2) is 18.2 Å². The predicted octanol–water partition coefficient (Wildman–Crippen LogP) is 2.21. The van der Waals surface area contributed by atoms with Crippen molar-refractivity contribution < 1.29 is 9.59 Å². The summed E-state index contributed by atoms with van der Waals surface area (Å²) in [6.45, 7) is 9.42. The second-order valence-corrected chi connectivity index (χ2v) is 8.38. The Morgan fingerprint density at radius 3 is 2.82 bits per heavy atom. The average Bonchev–Trinajstić information content (AvgIpc) is 3.23. The molecule has 3 unspecified atom stereocenters. The summed E-state index contributed by atoms with van der Waals surface area (Å²) < 4.78 is 0. The third-order valence-electron chi connectivity index (χ3n) is 6.07. The number of anilines is 1. The van der Waals surface area contributed by atoms with Crippen molar-refractivity contribution in [1.82, 2.24) is 15.5 Å². The number of rotatable bonds is 6. The Morgan fingerprint density at radius 1 is 1.25 bits per heavy atom. The van der Waals surface area contributed by atoms with Gasteiger partial charge in [0.05, 0.1) is 12.1 Å². The van der Waals surface area contributed by atoms with Crippen LogP contribution in [0.2, 0.25) is 0 Å². The van der Waals surface area contributed by atoms with Gasteiger partial charge in [0.25, 0.3) is 0 Å². The van der Waals surface area contributed by atoms with Crippen LogP contribution in [0.4, 0.5) is 5.69 Å². The lowest BCUT2D eigenvalue weighted by Gasteiger charge is -2.36. The molecule has 6 nitrogen and oxygen atoms in total. The SMILES string of the molecule is Cc1ccc(C)c(NC(=O)C(C)N2CCCC(CNC(=O)C3CCCN3)C2)c1. The lowest BCUT2D eigenvalue weighted by atomic mass is 9.96. The maximum Gasteiger partial charge on any atom is 0.241 e. The van der Waals surface area contributed by atoms with Crippen molar-refractivity contribution in [1.29, 1.82) is 0 Å². The van der Waals surface area contributed by atoms with Gasteiger partial charge in [0.2, 0.25) is 11.8 Å². The molecule has 154 valence electrons. The highest BCUT2D eigenvalue weighted by Gasteiger charge is 2.29. The zero-order chi connectivity index (χ0) is 20.1. The molecule has 28 heavy (non-hydrogen) atoms. The number of piperidine rings is 1. The highest BCUT2D eigenvalue weighted by atomic mass is 16.2. The number of hydrogen-bond acceptors (Lipinski definition) is 4. The van der Waals surface area contributed by atoms with E-state index >= 15 is 0 Å². The van der Waals surface area contributed by atoms with E-state index in [4.69, 9.17) is 0 Å². The highest BCUT2D eigenvalue weighted by Crippen LogP contribution is 2.21. The third-order valence-corrected chi connectivity index (χ3v) is 6.07. The molecule has 0 spiro atoms. The quantitative estimate of drug-likeness (QED) is 0.701. The van der Waals surface area contributed by atoms with Gasteiger partial charge in [0.1, 0.15) is 0 Å². The van der Waals surface area contributed by atoms with Crippen LogP contribution in [0.5, 0.6) is 0 Å². The largest absolute Gasteiger partial charge is 0.354 e. The Balaban J connectivity index is 1.50. The molecule has 0 saturated carbocycles. The molecule has 2 aliphatic heterocycles. The topological polar surface area (TPSA) is 73.5 Å². The first-order chi connectivity index (χ1) is 13.4. The molecule has 1 aromatic rings. The minimum absolute atomic E-state index is 0.0260. The molecule has 3 atom stereocenters. The van der Waals surface area contributed by atoms with E-state index in [9.17, 15) is 9.59 Å². The summed E-state index contributed by atoms with van der Waals surface area (Å²) in [6.07, 6.45) is 4.16. The molecule has 0 bridgehead atoms. The number of amides is 2. The molecular formula is C22H34N4O2. The van der Waals surface area contributed by atoms with Gasteiger partial charge in [0, 0.05) is 18.8 Å². The summed E-state index contributed by atoms with van der Waals surface area (Å²) in [7, 11) is 0. The molecule has 0 aromatic heterocycles. The number of carbonyl (C=O) groups is 2. The van der Waals surface area contributed by atoms with Crippen molar-refractivity contribution in [2.24, 2.45) is 5.92 Å². The van der Waals surface area contributed by atoms with Gasteiger partial charge in [-0.1, -0.05) is 12.1 Å². The van der Waals surface area contributed by atoms with Gasteiger partial charge in [-0.3, -0.25) is 14.5 Å². The molecule has 2 amide bonds. The van der Waals surface area contributed by atoms with Crippen LogP contribution < -0.4 is 16.0 Å². The maximum atomic E-state index is 12.8. The van der Waals surface area contributed by atoms with Gasteiger partial charge in [-0.2, -0.15) is 0 Å². The fourth-order valence-electron chi connectivity index (χ4n) is 4.17. The number of likely N-dealkylation sites (tertiary alicyclic amines) is 1. The van der Waals surface area contributed by atoms with E-state index in [-0.39, 0.29) is 23.9 Å². The zero-order valence-corrected chi connectivity index (χ0v) is 17.4. The number of aryl methyl sites for hydroxylation is 2. The van der Waals surface area contributed by atoms with E-state index < -0.39 is 0 Å². The summed E-state index contributed by atoms with van der Waals surface area (Å²) >= 11 is 0. The van der Waals surface area contributed by atoms with E-state index in [2.05, 4.69) is 26.9 Å². The van der Waals surface area contributed by atoms with Crippen molar-refractivity contribution in [2.75, 3.05) is 31.5 Å². The molecule has 2 aliphatic rings.